The molecule has 14 heavy (non-hydrogen) atoms. The molecule has 0 aliphatic rings. The van der Waals surface area contributed by atoms with Crippen molar-refractivity contribution in [2.24, 2.45) is 0 Å². The Hall–Kier alpha value is -1.14. The maximum absolute atomic E-state index is 5.56. The van der Waals surface area contributed by atoms with Crippen LogP contribution in [0.3, 0.4) is 0 Å². The molecule has 0 spiro atoms. The van der Waals surface area contributed by atoms with E-state index in [1.54, 1.807) is 7.11 Å². The van der Waals surface area contributed by atoms with Gasteiger partial charge in [0.1, 0.15) is 0 Å². The Balaban J connectivity index is 2.63. The number of nitrogens with one attached hydrogen (secondary N) is 1. The van der Waals surface area contributed by atoms with Gasteiger partial charge in [-0.15, -0.1) is 10.2 Å². The van der Waals surface area contributed by atoms with Crippen LogP contribution < -0.4 is 11.1 Å². The molecule has 3 N–H and O–H groups in total. The highest BCUT2D eigenvalue weighted by Crippen LogP contribution is 2.12. The highest BCUT2D eigenvalue weighted by Gasteiger charge is 2.06. The number of methoxy groups -OCH3 is 1. The van der Waals surface area contributed by atoms with E-state index >= 15 is 0 Å². The van der Waals surface area contributed by atoms with Gasteiger partial charge in [-0.2, -0.15) is 4.98 Å². The van der Waals surface area contributed by atoms with E-state index < -0.39 is 0 Å². The second-order valence-corrected chi connectivity index (χ2v) is 3.17. The predicted octanol–water partition coefficient (Wildman–Crippen LogP) is 0.554. The molecule has 1 heterocycles. The summed E-state index contributed by atoms with van der Waals surface area (Å²) in [5.41, 5.74) is 5.45. The number of aromatic nitrogens is 3. The zero-order valence-electron chi connectivity index (χ0n) is 7.99. The van der Waals surface area contributed by atoms with Gasteiger partial charge in [0.2, 0.25) is 5.95 Å². The van der Waals surface area contributed by atoms with Gasteiger partial charge >= 0.3 is 0 Å². The molecule has 0 aliphatic carbocycles. The van der Waals surface area contributed by atoms with E-state index in [1.807, 2.05) is 6.92 Å². The molecule has 78 valence electrons. The molecule has 1 aromatic rings. The topological polar surface area (TPSA) is 86.0 Å². The van der Waals surface area contributed by atoms with E-state index in [-0.39, 0.29) is 17.0 Å². The Morgan fingerprint density at radius 1 is 1.57 bits per heavy atom. The first-order chi connectivity index (χ1) is 6.63. The van der Waals surface area contributed by atoms with Crippen molar-refractivity contribution in [2.45, 2.75) is 13.0 Å². The molecule has 1 aromatic heterocycles. The van der Waals surface area contributed by atoms with Crippen LogP contribution in [-0.4, -0.2) is 34.9 Å². The van der Waals surface area contributed by atoms with Crippen LogP contribution in [-0.2, 0) is 4.74 Å². The fourth-order valence-electron chi connectivity index (χ4n) is 0.898. The van der Waals surface area contributed by atoms with Gasteiger partial charge in [-0.05, 0) is 6.92 Å². The van der Waals surface area contributed by atoms with Crippen molar-refractivity contribution in [1.29, 1.82) is 0 Å². The van der Waals surface area contributed by atoms with Crippen LogP contribution in [0.2, 0.25) is 5.15 Å². The van der Waals surface area contributed by atoms with Crippen molar-refractivity contribution in [3.8, 4) is 0 Å². The number of nitrogen functional groups attached to an aromatic ring is 1. The largest absolute Gasteiger partial charge is 0.383 e. The fraction of sp³-hybridized carbons (Fsp3) is 0.571. The molecular formula is C7H12ClN5O. The van der Waals surface area contributed by atoms with Crippen LogP contribution in [0.25, 0.3) is 0 Å². The Bertz CT molecular complexity index is 308. The molecule has 1 rings (SSSR count). The van der Waals surface area contributed by atoms with Crippen LogP contribution in [0.1, 0.15) is 6.92 Å². The summed E-state index contributed by atoms with van der Waals surface area (Å²) in [6.45, 7) is 2.48. The van der Waals surface area contributed by atoms with E-state index in [9.17, 15) is 0 Å². The third kappa shape index (κ3) is 2.97. The van der Waals surface area contributed by atoms with Crippen LogP contribution in [0, 0.1) is 0 Å². The molecule has 0 aromatic carbocycles. The SMILES string of the molecule is COCC(C)Nc1nnc(Cl)c(N)n1. The van der Waals surface area contributed by atoms with Gasteiger partial charge in [-0.3, -0.25) is 0 Å². The smallest absolute Gasteiger partial charge is 0.245 e. The molecule has 0 aliphatic heterocycles. The van der Waals surface area contributed by atoms with Crippen LogP contribution in [0.15, 0.2) is 0 Å². The predicted molar refractivity (Wildman–Crippen MR) is 54.2 cm³/mol. The van der Waals surface area contributed by atoms with Gasteiger partial charge in [0.15, 0.2) is 11.0 Å². The summed E-state index contributed by atoms with van der Waals surface area (Å²) in [6.07, 6.45) is 0. The lowest BCUT2D eigenvalue weighted by atomic mass is 10.4. The minimum atomic E-state index is 0.0855. The molecule has 0 saturated heterocycles. The van der Waals surface area contributed by atoms with Crippen molar-refractivity contribution >= 4 is 23.4 Å². The highest BCUT2D eigenvalue weighted by atomic mass is 35.5. The number of hydrogen-bond donors (Lipinski definition) is 2. The lowest BCUT2D eigenvalue weighted by Crippen LogP contribution is -2.22. The number of ether oxygens (including phenoxy) is 1. The third-order valence-electron chi connectivity index (χ3n) is 1.46. The maximum atomic E-state index is 5.56. The second kappa shape index (κ2) is 4.92. The second-order valence-electron chi connectivity index (χ2n) is 2.81. The quantitative estimate of drug-likeness (QED) is 0.766. The van der Waals surface area contributed by atoms with E-state index in [0.717, 1.165) is 0 Å². The number of nitrogens with two attached hydrogens (primary N) is 1. The first-order valence-corrected chi connectivity index (χ1v) is 4.42. The van der Waals surface area contributed by atoms with Crippen molar-refractivity contribution in [3.63, 3.8) is 0 Å². The summed E-state index contributed by atoms with van der Waals surface area (Å²) in [7, 11) is 1.62. The summed E-state index contributed by atoms with van der Waals surface area (Å²) in [6, 6.07) is 0.0855. The molecule has 0 amide bonds. The standard InChI is InChI=1S/C7H12ClN5O/c1-4(3-14-2)10-7-11-6(9)5(8)12-13-7/h4H,3H2,1-2H3,(H3,9,10,11,13). The Labute approximate surface area is 86.8 Å². The zero-order chi connectivity index (χ0) is 10.6. The molecule has 7 heteroatoms. The van der Waals surface area contributed by atoms with Gasteiger partial charge in [0.05, 0.1) is 6.61 Å². The summed E-state index contributed by atoms with van der Waals surface area (Å²) in [5.74, 6) is 0.505. The molecule has 0 bridgehead atoms. The highest BCUT2D eigenvalue weighted by molar-refractivity contribution is 6.31. The molecule has 1 unspecified atom stereocenters. The third-order valence-corrected chi connectivity index (χ3v) is 1.73. The molecule has 6 nitrogen and oxygen atoms in total. The minimum Gasteiger partial charge on any atom is -0.383 e. The maximum Gasteiger partial charge on any atom is 0.245 e. The van der Waals surface area contributed by atoms with Crippen molar-refractivity contribution in [2.75, 3.05) is 24.8 Å². The molecule has 0 radical (unpaired) electrons. The summed E-state index contributed by atoms with van der Waals surface area (Å²) < 4.78 is 4.93. The Morgan fingerprint density at radius 2 is 2.29 bits per heavy atom. The zero-order valence-corrected chi connectivity index (χ0v) is 8.75. The van der Waals surface area contributed by atoms with Crippen molar-refractivity contribution in [3.05, 3.63) is 5.15 Å². The van der Waals surface area contributed by atoms with E-state index in [4.69, 9.17) is 22.1 Å². The van der Waals surface area contributed by atoms with Gasteiger partial charge < -0.3 is 15.8 Å². The van der Waals surface area contributed by atoms with Crippen LogP contribution >= 0.6 is 11.6 Å². The summed E-state index contributed by atoms with van der Waals surface area (Å²) >= 11 is 5.56. The van der Waals surface area contributed by atoms with E-state index in [2.05, 4.69) is 20.5 Å². The molecule has 1 atom stereocenters. The minimum absolute atomic E-state index is 0.0855. The van der Waals surface area contributed by atoms with Gasteiger partial charge in [-0.1, -0.05) is 11.6 Å². The average Bonchev–Trinajstić information content (AvgIpc) is 2.12. The lowest BCUT2D eigenvalue weighted by Gasteiger charge is -2.11. The number of rotatable bonds is 4. The van der Waals surface area contributed by atoms with Crippen LogP contribution in [0.5, 0.6) is 0 Å². The normalized spacial score (nSPS) is 12.5. The number of hydrogen-bond acceptors (Lipinski definition) is 6. The summed E-state index contributed by atoms with van der Waals surface area (Å²) in [4.78, 5) is 3.90. The molecular weight excluding hydrogens is 206 g/mol. The van der Waals surface area contributed by atoms with E-state index in [0.29, 0.717) is 12.6 Å². The first kappa shape index (κ1) is 10.9. The van der Waals surface area contributed by atoms with E-state index in [1.165, 1.54) is 0 Å². The average molecular weight is 218 g/mol. The Morgan fingerprint density at radius 3 is 2.86 bits per heavy atom. The van der Waals surface area contributed by atoms with Crippen molar-refractivity contribution in [1.82, 2.24) is 15.2 Å². The lowest BCUT2D eigenvalue weighted by molar-refractivity contribution is 0.190. The monoisotopic (exact) mass is 217 g/mol. The number of halogens is 1. The number of anilines is 2. The van der Waals surface area contributed by atoms with Gasteiger partial charge in [0, 0.05) is 13.2 Å². The Kier molecular flexibility index (Phi) is 3.84. The molecule has 0 saturated carbocycles. The van der Waals surface area contributed by atoms with Gasteiger partial charge in [-0.25, -0.2) is 0 Å². The van der Waals surface area contributed by atoms with Gasteiger partial charge in [0.25, 0.3) is 0 Å². The van der Waals surface area contributed by atoms with Crippen LogP contribution in [0.4, 0.5) is 11.8 Å². The summed E-state index contributed by atoms with van der Waals surface area (Å²) in [5, 5.41) is 10.4. The number of nitrogens with zero attached hydrogens (tertiary/aromatic N) is 3. The molecule has 0 fully saturated rings. The fourth-order valence-corrected chi connectivity index (χ4v) is 0.978. The first-order valence-electron chi connectivity index (χ1n) is 4.04. The van der Waals surface area contributed by atoms with Crippen molar-refractivity contribution < 1.29 is 4.74 Å².